The third-order valence-electron chi connectivity index (χ3n) is 4.38. The molecule has 2 N–H and O–H groups in total. The van der Waals surface area contributed by atoms with Crippen molar-refractivity contribution in [3.05, 3.63) is 65.7 Å². The van der Waals surface area contributed by atoms with Gasteiger partial charge in [-0.15, -0.1) is 0 Å². The predicted octanol–water partition coefficient (Wildman–Crippen LogP) is 3.43. The minimum atomic E-state index is 0.279. The van der Waals surface area contributed by atoms with Gasteiger partial charge in [-0.05, 0) is 36.2 Å². The number of likely N-dealkylation sites (tertiary alicyclic amines) is 1. The summed E-state index contributed by atoms with van der Waals surface area (Å²) in [6.07, 6.45) is 1.22. The highest BCUT2D eigenvalue weighted by atomic mass is 15.2. The molecule has 2 aromatic carbocycles. The van der Waals surface area contributed by atoms with E-state index in [4.69, 9.17) is 5.73 Å². The van der Waals surface area contributed by atoms with Crippen molar-refractivity contribution in [1.82, 2.24) is 4.90 Å². The molecule has 1 aliphatic rings. The summed E-state index contributed by atoms with van der Waals surface area (Å²) in [7, 11) is 0. The van der Waals surface area contributed by atoms with Crippen LogP contribution in [0.15, 0.2) is 54.6 Å². The molecule has 1 heterocycles. The predicted molar refractivity (Wildman–Crippen MR) is 84.5 cm³/mol. The van der Waals surface area contributed by atoms with E-state index in [0.29, 0.717) is 0 Å². The average molecular weight is 266 g/mol. The van der Waals surface area contributed by atoms with Gasteiger partial charge >= 0.3 is 0 Å². The van der Waals surface area contributed by atoms with Crippen LogP contribution in [0, 0.1) is 0 Å². The van der Waals surface area contributed by atoms with Crippen molar-refractivity contribution in [2.45, 2.75) is 25.3 Å². The normalized spacial score (nSPS) is 23.1. The van der Waals surface area contributed by atoms with E-state index in [1.165, 1.54) is 17.5 Å². The van der Waals surface area contributed by atoms with Crippen molar-refractivity contribution in [2.24, 2.45) is 0 Å². The fourth-order valence-corrected chi connectivity index (χ4v) is 3.22. The lowest BCUT2D eigenvalue weighted by Crippen LogP contribution is -2.27. The monoisotopic (exact) mass is 266 g/mol. The molecule has 2 heteroatoms. The molecule has 0 radical (unpaired) electrons. The van der Waals surface area contributed by atoms with Gasteiger partial charge in [-0.3, -0.25) is 4.90 Å². The van der Waals surface area contributed by atoms with Gasteiger partial charge in [0.15, 0.2) is 0 Å². The summed E-state index contributed by atoms with van der Waals surface area (Å²) in [6, 6.07) is 19.1. The third kappa shape index (κ3) is 2.70. The summed E-state index contributed by atoms with van der Waals surface area (Å²) >= 11 is 0. The summed E-state index contributed by atoms with van der Waals surface area (Å²) < 4.78 is 0. The molecule has 1 unspecified atom stereocenters. The Bertz CT molecular complexity index is 579. The Kier molecular flexibility index (Phi) is 3.49. The molecule has 0 bridgehead atoms. The Morgan fingerprint density at radius 3 is 2.65 bits per heavy atom. The van der Waals surface area contributed by atoms with Crippen molar-refractivity contribution >= 4 is 5.69 Å². The highest BCUT2D eigenvalue weighted by molar-refractivity contribution is 5.40. The molecule has 1 fully saturated rings. The van der Waals surface area contributed by atoms with E-state index in [-0.39, 0.29) is 5.41 Å². The molecule has 20 heavy (non-hydrogen) atoms. The number of anilines is 1. The van der Waals surface area contributed by atoms with E-state index in [1.54, 1.807) is 0 Å². The molecule has 1 atom stereocenters. The fraction of sp³-hybridized carbons (Fsp3) is 0.333. The van der Waals surface area contributed by atoms with Gasteiger partial charge in [0.25, 0.3) is 0 Å². The largest absolute Gasteiger partial charge is 0.399 e. The van der Waals surface area contributed by atoms with Crippen molar-refractivity contribution < 1.29 is 0 Å². The van der Waals surface area contributed by atoms with Crippen LogP contribution in [-0.2, 0) is 12.0 Å². The van der Waals surface area contributed by atoms with Crippen LogP contribution < -0.4 is 5.73 Å². The van der Waals surface area contributed by atoms with Gasteiger partial charge in [0.2, 0.25) is 0 Å². The number of hydrogen-bond donors (Lipinski definition) is 1. The highest BCUT2D eigenvalue weighted by Crippen LogP contribution is 2.34. The lowest BCUT2D eigenvalue weighted by molar-refractivity contribution is 0.309. The van der Waals surface area contributed by atoms with Crippen molar-refractivity contribution in [3.8, 4) is 0 Å². The lowest BCUT2D eigenvalue weighted by Gasteiger charge is -2.25. The Labute approximate surface area is 121 Å². The van der Waals surface area contributed by atoms with E-state index in [2.05, 4.69) is 54.3 Å². The van der Waals surface area contributed by atoms with E-state index in [1.807, 2.05) is 12.1 Å². The molecule has 1 saturated heterocycles. The van der Waals surface area contributed by atoms with E-state index in [9.17, 15) is 0 Å². The van der Waals surface area contributed by atoms with Crippen LogP contribution in [0.2, 0.25) is 0 Å². The van der Waals surface area contributed by atoms with Crippen LogP contribution in [0.1, 0.15) is 24.5 Å². The Hall–Kier alpha value is -1.80. The van der Waals surface area contributed by atoms with Crippen LogP contribution in [0.25, 0.3) is 0 Å². The van der Waals surface area contributed by atoms with Gasteiger partial charge < -0.3 is 5.73 Å². The van der Waals surface area contributed by atoms with Crippen LogP contribution in [0.5, 0.6) is 0 Å². The van der Waals surface area contributed by atoms with Crippen molar-refractivity contribution in [2.75, 3.05) is 18.8 Å². The van der Waals surface area contributed by atoms with Gasteiger partial charge in [0, 0.05) is 24.2 Å². The zero-order valence-corrected chi connectivity index (χ0v) is 12.0. The van der Waals surface area contributed by atoms with Crippen LogP contribution in [-0.4, -0.2) is 18.0 Å². The maximum atomic E-state index is 5.86. The third-order valence-corrected chi connectivity index (χ3v) is 4.38. The van der Waals surface area contributed by atoms with Gasteiger partial charge in [-0.25, -0.2) is 0 Å². The van der Waals surface area contributed by atoms with Crippen molar-refractivity contribution in [1.29, 1.82) is 0 Å². The maximum absolute atomic E-state index is 5.86. The Balaban J connectivity index is 1.71. The topological polar surface area (TPSA) is 29.3 Å². The first-order valence-electron chi connectivity index (χ1n) is 7.28. The van der Waals surface area contributed by atoms with Crippen LogP contribution >= 0.6 is 0 Å². The number of hydrogen-bond acceptors (Lipinski definition) is 2. The second-order valence-electron chi connectivity index (χ2n) is 6.13. The maximum Gasteiger partial charge on any atom is 0.0317 e. The summed E-state index contributed by atoms with van der Waals surface area (Å²) in [5.74, 6) is 0. The highest BCUT2D eigenvalue weighted by Gasteiger charge is 2.34. The number of benzene rings is 2. The quantitative estimate of drug-likeness (QED) is 0.862. The fourth-order valence-electron chi connectivity index (χ4n) is 3.22. The van der Waals surface area contributed by atoms with Gasteiger partial charge in [-0.2, -0.15) is 0 Å². The first-order valence-corrected chi connectivity index (χ1v) is 7.28. The molecule has 0 aromatic heterocycles. The molecule has 3 rings (SSSR count). The summed E-state index contributed by atoms with van der Waals surface area (Å²) in [5, 5.41) is 0. The van der Waals surface area contributed by atoms with Crippen LogP contribution in [0.4, 0.5) is 5.69 Å². The Morgan fingerprint density at radius 2 is 1.90 bits per heavy atom. The molecule has 1 aliphatic heterocycles. The average Bonchev–Trinajstić information content (AvgIpc) is 2.83. The minimum absolute atomic E-state index is 0.279. The SMILES string of the molecule is CC1(c2ccccc2)CCN(Cc2cccc(N)c2)C1. The van der Waals surface area contributed by atoms with E-state index in [0.717, 1.165) is 25.3 Å². The molecule has 0 aliphatic carbocycles. The summed E-state index contributed by atoms with van der Waals surface area (Å²) in [5.41, 5.74) is 9.75. The van der Waals surface area contributed by atoms with Gasteiger partial charge in [0.05, 0.1) is 0 Å². The molecular weight excluding hydrogens is 244 g/mol. The molecule has 0 saturated carbocycles. The zero-order valence-electron chi connectivity index (χ0n) is 12.0. The van der Waals surface area contributed by atoms with E-state index >= 15 is 0 Å². The lowest BCUT2D eigenvalue weighted by atomic mass is 9.82. The van der Waals surface area contributed by atoms with Gasteiger partial charge in [0.1, 0.15) is 0 Å². The smallest absolute Gasteiger partial charge is 0.0317 e. The van der Waals surface area contributed by atoms with Gasteiger partial charge in [-0.1, -0.05) is 49.4 Å². The van der Waals surface area contributed by atoms with E-state index < -0.39 is 0 Å². The molecule has 2 aromatic rings. The molecule has 104 valence electrons. The first-order chi connectivity index (χ1) is 9.66. The van der Waals surface area contributed by atoms with Crippen LogP contribution in [0.3, 0.4) is 0 Å². The second-order valence-corrected chi connectivity index (χ2v) is 6.13. The summed E-state index contributed by atoms with van der Waals surface area (Å²) in [6.45, 7) is 5.64. The zero-order chi connectivity index (χ0) is 14.0. The number of nitrogens with two attached hydrogens (primary N) is 1. The molecular formula is C18H22N2. The molecule has 0 amide bonds. The minimum Gasteiger partial charge on any atom is -0.399 e. The number of rotatable bonds is 3. The first kappa shape index (κ1) is 13.2. The number of nitrogens with zero attached hydrogens (tertiary/aromatic N) is 1. The Morgan fingerprint density at radius 1 is 1.10 bits per heavy atom. The molecule has 2 nitrogen and oxygen atoms in total. The number of nitrogen functional groups attached to an aromatic ring is 1. The molecule has 0 spiro atoms. The second kappa shape index (κ2) is 5.29. The summed E-state index contributed by atoms with van der Waals surface area (Å²) in [4.78, 5) is 2.53. The standard InChI is InChI=1S/C18H22N2/c1-18(16-7-3-2-4-8-16)10-11-20(14-18)13-15-6-5-9-17(19)12-15/h2-9,12H,10-11,13-14,19H2,1H3. The van der Waals surface area contributed by atoms with Crippen molar-refractivity contribution in [3.63, 3.8) is 0 Å².